The van der Waals surface area contributed by atoms with Crippen molar-refractivity contribution < 1.29 is 19.1 Å². The molecule has 1 aromatic carbocycles. The van der Waals surface area contributed by atoms with E-state index in [0.717, 1.165) is 29.5 Å². The number of ketones is 1. The summed E-state index contributed by atoms with van der Waals surface area (Å²) in [6.45, 7) is 2.07. The van der Waals surface area contributed by atoms with Gasteiger partial charge >= 0.3 is 6.09 Å². The smallest absolute Gasteiger partial charge is 0.414 e. The molecule has 2 aliphatic rings. The van der Waals surface area contributed by atoms with Gasteiger partial charge in [0.1, 0.15) is 6.10 Å². The second-order valence-corrected chi connectivity index (χ2v) is 7.53. The van der Waals surface area contributed by atoms with E-state index in [1.165, 1.54) is 6.92 Å². The number of ether oxygens (including phenoxy) is 1. The Balaban J connectivity index is 1.55. The number of pyridine rings is 1. The Hall–Kier alpha value is -3.48. The molecular formula is C23H23N3O4. The van der Waals surface area contributed by atoms with E-state index in [9.17, 15) is 14.4 Å². The van der Waals surface area contributed by atoms with Crippen molar-refractivity contribution in [3.63, 3.8) is 0 Å². The second kappa shape index (κ2) is 8.49. The molecule has 0 unspecified atom stereocenters. The lowest BCUT2D eigenvalue weighted by molar-refractivity contribution is -0.119. The van der Waals surface area contributed by atoms with Gasteiger partial charge in [-0.15, -0.1) is 0 Å². The fourth-order valence-electron chi connectivity index (χ4n) is 3.83. The first-order chi connectivity index (χ1) is 14.5. The summed E-state index contributed by atoms with van der Waals surface area (Å²) in [5, 5.41) is 2.67. The maximum atomic E-state index is 13.1. The maximum absolute atomic E-state index is 13.1. The highest BCUT2D eigenvalue weighted by molar-refractivity contribution is 6.12. The maximum Gasteiger partial charge on any atom is 0.414 e. The molecule has 2 amide bonds. The number of carbonyl (C=O) groups is 3. The summed E-state index contributed by atoms with van der Waals surface area (Å²) in [6, 6.07) is 9.25. The zero-order valence-corrected chi connectivity index (χ0v) is 16.8. The zero-order valence-electron chi connectivity index (χ0n) is 16.8. The van der Waals surface area contributed by atoms with Crippen LogP contribution in [0.15, 0.2) is 48.3 Å². The van der Waals surface area contributed by atoms with Gasteiger partial charge < -0.3 is 10.1 Å². The van der Waals surface area contributed by atoms with Crippen LogP contribution < -0.4 is 10.2 Å². The molecule has 1 atom stereocenters. The topological polar surface area (TPSA) is 88.6 Å². The fraction of sp³-hybridized carbons (Fsp3) is 0.304. The van der Waals surface area contributed by atoms with Gasteiger partial charge in [0.15, 0.2) is 5.78 Å². The molecule has 1 saturated heterocycles. The number of amides is 2. The number of aromatic nitrogens is 1. The minimum absolute atomic E-state index is 0.0263. The number of Topliss-reactive ketones (excluding diaryl/α,β-unsaturated/α-hetero) is 1. The molecule has 0 spiro atoms. The Morgan fingerprint density at radius 2 is 2.03 bits per heavy atom. The molecular weight excluding hydrogens is 382 g/mol. The number of cyclic esters (lactones) is 1. The first-order valence-electron chi connectivity index (χ1n) is 10.0. The molecule has 2 aromatic rings. The number of anilines is 1. The zero-order chi connectivity index (χ0) is 21.1. The Labute approximate surface area is 174 Å². The molecule has 2 heterocycles. The third-order valence-corrected chi connectivity index (χ3v) is 5.33. The van der Waals surface area contributed by atoms with Crippen LogP contribution in [0.5, 0.6) is 0 Å². The first-order valence-corrected chi connectivity index (χ1v) is 10.0. The number of fused-ring (bicyclic) bond motifs is 1. The van der Waals surface area contributed by atoms with Gasteiger partial charge in [0.05, 0.1) is 13.1 Å². The lowest BCUT2D eigenvalue weighted by atomic mass is 9.98. The van der Waals surface area contributed by atoms with Crippen molar-refractivity contribution in [2.45, 2.75) is 32.3 Å². The number of hydrogen-bond acceptors (Lipinski definition) is 5. The first kappa shape index (κ1) is 19.8. The summed E-state index contributed by atoms with van der Waals surface area (Å²) in [4.78, 5) is 42.1. The highest BCUT2D eigenvalue weighted by Gasteiger charge is 2.33. The van der Waals surface area contributed by atoms with Crippen LogP contribution in [-0.4, -0.2) is 42.0 Å². The Morgan fingerprint density at radius 1 is 1.23 bits per heavy atom. The second-order valence-electron chi connectivity index (χ2n) is 7.53. The van der Waals surface area contributed by atoms with Gasteiger partial charge in [0.25, 0.3) is 0 Å². The predicted molar refractivity (Wildman–Crippen MR) is 112 cm³/mol. The van der Waals surface area contributed by atoms with Crippen LogP contribution >= 0.6 is 0 Å². The monoisotopic (exact) mass is 405 g/mol. The lowest BCUT2D eigenvalue weighted by Crippen LogP contribution is -2.33. The van der Waals surface area contributed by atoms with E-state index < -0.39 is 12.2 Å². The third-order valence-electron chi connectivity index (χ3n) is 5.33. The van der Waals surface area contributed by atoms with E-state index in [4.69, 9.17) is 4.74 Å². The Morgan fingerprint density at radius 3 is 2.80 bits per heavy atom. The number of carbonyl (C=O) groups excluding carboxylic acids is 3. The summed E-state index contributed by atoms with van der Waals surface area (Å²) >= 11 is 0. The standard InChI is InChI=1S/C23H23N3O4/c1-15(27)25-13-20-14-26(23(29)30-20)19-5-6-21-17(12-19)3-2-4-18(22(21)28)11-16-7-9-24-10-8-16/h5-12,20H,2-4,13-14H2,1H3,(H,25,27)/b18-11+/t20-/m0/s1. The number of rotatable bonds is 4. The van der Waals surface area contributed by atoms with E-state index in [2.05, 4.69) is 10.3 Å². The van der Waals surface area contributed by atoms with E-state index in [1.54, 1.807) is 29.4 Å². The van der Waals surface area contributed by atoms with Crippen LogP contribution in [0.1, 0.15) is 41.3 Å². The van der Waals surface area contributed by atoms with E-state index in [0.29, 0.717) is 24.2 Å². The summed E-state index contributed by atoms with van der Waals surface area (Å²) in [7, 11) is 0. The molecule has 30 heavy (non-hydrogen) atoms. The van der Waals surface area contributed by atoms with Crippen LogP contribution in [0.2, 0.25) is 0 Å². The molecule has 0 radical (unpaired) electrons. The average Bonchev–Trinajstić information content (AvgIpc) is 3.04. The highest BCUT2D eigenvalue weighted by atomic mass is 16.6. The molecule has 1 aliphatic carbocycles. The third kappa shape index (κ3) is 4.25. The van der Waals surface area contributed by atoms with E-state index >= 15 is 0 Å². The molecule has 7 nitrogen and oxygen atoms in total. The normalized spacial score (nSPS) is 20.0. The summed E-state index contributed by atoms with van der Waals surface area (Å²) < 4.78 is 5.34. The van der Waals surface area contributed by atoms with E-state index in [1.807, 2.05) is 24.3 Å². The van der Waals surface area contributed by atoms with Crippen LogP contribution in [0.25, 0.3) is 6.08 Å². The van der Waals surface area contributed by atoms with Gasteiger partial charge in [-0.3, -0.25) is 19.5 Å². The van der Waals surface area contributed by atoms with Gasteiger partial charge in [-0.25, -0.2) is 4.79 Å². The van der Waals surface area contributed by atoms with Crippen molar-refractivity contribution in [1.82, 2.24) is 10.3 Å². The van der Waals surface area contributed by atoms with E-state index in [-0.39, 0.29) is 18.2 Å². The van der Waals surface area contributed by atoms with Gasteiger partial charge in [0.2, 0.25) is 5.91 Å². The molecule has 154 valence electrons. The van der Waals surface area contributed by atoms with Crippen LogP contribution in [0.3, 0.4) is 0 Å². The van der Waals surface area contributed by atoms with Crippen LogP contribution in [-0.2, 0) is 16.0 Å². The largest absolute Gasteiger partial charge is 0.442 e. The summed E-state index contributed by atoms with van der Waals surface area (Å²) in [6.07, 6.45) is 6.84. The van der Waals surface area contributed by atoms with Crippen molar-refractivity contribution in [2.75, 3.05) is 18.0 Å². The molecule has 0 saturated carbocycles. The number of benzene rings is 1. The molecule has 0 bridgehead atoms. The Bertz CT molecular complexity index is 1020. The highest BCUT2D eigenvalue weighted by Crippen LogP contribution is 2.30. The summed E-state index contributed by atoms with van der Waals surface area (Å²) in [5.41, 5.74) is 4.06. The van der Waals surface area contributed by atoms with Crippen LogP contribution in [0, 0.1) is 0 Å². The number of aryl methyl sites for hydroxylation is 1. The number of nitrogens with zero attached hydrogens (tertiary/aromatic N) is 2. The quantitative estimate of drug-likeness (QED) is 0.624. The van der Waals surface area contributed by atoms with Gasteiger partial charge in [0, 0.05) is 36.1 Å². The summed E-state index contributed by atoms with van der Waals surface area (Å²) in [5.74, 6) is -0.137. The number of allylic oxidation sites excluding steroid dienone is 1. The molecule has 1 aliphatic heterocycles. The minimum atomic E-state index is -0.441. The molecule has 1 aromatic heterocycles. The fourth-order valence-corrected chi connectivity index (χ4v) is 3.83. The number of nitrogens with one attached hydrogen (secondary N) is 1. The molecule has 4 rings (SSSR count). The van der Waals surface area contributed by atoms with Gasteiger partial charge in [-0.05, 0) is 66.8 Å². The average molecular weight is 405 g/mol. The Kier molecular flexibility index (Phi) is 5.61. The number of hydrogen-bond donors (Lipinski definition) is 1. The van der Waals surface area contributed by atoms with Gasteiger partial charge in [-0.1, -0.05) is 0 Å². The molecule has 1 N–H and O–H groups in total. The van der Waals surface area contributed by atoms with Crippen molar-refractivity contribution in [3.05, 3.63) is 65.0 Å². The SMILES string of the molecule is CC(=O)NC[C@H]1CN(c2ccc3c(c2)CCC/C(=C\c2ccncc2)C3=O)C(=O)O1. The molecule has 7 heteroatoms. The van der Waals surface area contributed by atoms with Crippen molar-refractivity contribution in [2.24, 2.45) is 0 Å². The lowest BCUT2D eigenvalue weighted by Gasteiger charge is -2.15. The van der Waals surface area contributed by atoms with Gasteiger partial charge in [-0.2, -0.15) is 0 Å². The van der Waals surface area contributed by atoms with Crippen molar-refractivity contribution in [1.29, 1.82) is 0 Å². The van der Waals surface area contributed by atoms with Crippen molar-refractivity contribution in [3.8, 4) is 0 Å². The minimum Gasteiger partial charge on any atom is -0.442 e. The van der Waals surface area contributed by atoms with Crippen molar-refractivity contribution >= 4 is 29.5 Å². The molecule has 1 fully saturated rings. The predicted octanol–water partition coefficient (Wildman–Crippen LogP) is 3.15. The van der Waals surface area contributed by atoms with Crippen LogP contribution in [0.4, 0.5) is 10.5 Å².